The van der Waals surface area contributed by atoms with E-state index in [9.17, 15) is 19.5 Å². The molecule has 0 heterocycles. The molecule has 0 rings (SSSR count). The fourth-order valence-electron chi connectivity index (χ4n) is 9.24. The van der Waals surface area contributed by atoms with Crippen molar-refractivity contribution < 1.29 is 42.9 Å². The Kier molecular flexibility index (Phi) is 52.8. The lowest BCUT2D eigenvalue weighted by Crippen LogP contribution is -2.44. The number of carboxylic acids is 1. The summed E-state index contributed by atoms with van der Waals surface area (Å²) in [6.07, 6.45) is 60.0. The van der Waals surface area contributed by atoms with Gasteiger partial charge in [0.25, 0.3) is 0 Å². The minimum atomic E-state index is -1.62. The molecule has 0 amide bonds. The van der Waals surface area contributed by atoms with E-state index in [2.05, 4.69) is 26.0 Å². The van der Waals surface area contributed by atoms with Crippen molar-refractivity contribution in [1.29, 1.82) is 0 Å². The van der Waals surface area contributed by atoms with Crippen molar-refractivity contribution in [2.24, 2.45) is 0 Å². The molecule has 0 spiro atoms. The van der Waals surface area contributed by atoms with Gasteiger partial charge in [-0.3, -0.25) is 9.59 Å². The summed E-state index contributed by atoms with van der Waals surface area (Å²) in [6, 6.07) is 0. The summed E-state index contributed by atoms with van der Waals surface area (Å²) in [5, 5.41) is 11.8. The second-order valence-electron chi connectivity index (χ2n) is 22.4. The summed E-state index contributed by atoms with van der Waals surface area (Å²) in [5.41, 5.74) is 0. The van der Waals surface area contributed by atoms with Crippen molar-refractivity contribution in [1.82, 2.24) is 0 Å². The highest BCUT2D eigenvalue weighted by Crippen LogP contribution is 2.18. The van der Waals surface area contributed by atoms with Crippen LogP contribution in [0.25, 0.3) is 0 Å². The van der Waals surface area contributed by atoms with E-state index in [0.29, 0.717) is 23.9 Å². The lowest BCUT2D eigenvalue weighted by Gasteiger charge is -2.26. The van der Waals surface area contributed by atoms with Gasteiger partial charge in [0.15, 0.2) is 12.4 Å². The van der Waals surface area contributed by atoms with Crippen molar-refractivity contribution in [3.05, 3.63) is 12.2 Å². The summed E-state index contributed by atoms with van der Waals surface area (Å²) in [4.78, 5) is 37.2. The van der Waals surface area contributed by atoms with Gasteiger partial charge in [-0.25, -0.2) is 0 Å². The van der Waals surface area contributed by atoms with E-state index in [1.165, 1.54) is 225 Å². The maximum absolute atomic E-state index is 12.8. The van der Waals surface area contributed by atoms with E-state index in [-0.39, 0.29) is 32.2 Å². The maximum atomic E-state index is 12.8. The normalized spacial score (nSPS) is 12.7. The van der Waals surface area contributed by atoms with Crippen molar-refractivity contribution >= 4 is 17.9 Å². The van der Waals surface area contributed by atoms with Crippen LogP contribution in [-0.2, 0) is 33.3 Å². The van der Waals surface area contributed by atoms with E-state index in [1.54, 1.807) is 0 Å². The zero-order valence-corrected chi connectivity index (χ0v) is 47.9. The Morgan fingerprint density at radius 1 is 0.408 bits per heavy atom. The van der Waals surface area contributed by atoms with Gasteiger partial charge in [-0.05, 0) is 38.5 Å². The molecular weight excluding hydrogens is 887 g/mol. The zero-order valence-electron chi connectivity index (χ0n) is 47.9. The van der Waals surface area contributed by atoms with E-state index in [4.69, 9.17) is 18.9 Å². The molecule has 2 atom stereocenters. The molecule has 9 heteroatoms. The minimum Gasteiger partial charge on any atom is -0.545 e. The molecule has 0 aromatic heterocycles. The van der Waals surface area contributed by atoms with Gasteiger partial charge in [0.05, 0.1) is 40.3 Å². The molecule has 0 radical (unpaired) electrons. The summed E-state index contributed by atoms with van der Waals surface area (Å²) >= 11 is 0. The molecule has 0 aromatic rings. The SMILES string of the molecule is CCCCCCCC/C=C\CCCCCCCC(=O)OC(COC(=O)CCCCCCCCCCCCCCCCCCCCCCCCCCCCCCCCC)COC(OCC[N+](C)(C)C)C(=O)[O-]. The van der Waals surface area contributed by atoms with Gasteiger partial charge in [-0.15, -0.1) is 0 Å². The Balaban J connectivity index is 4.04. The number of carbonyl (C=O) groups excluding carboxylic acids is 3. The molecule has 2 unspecified atom stereocenters. The molecule has 0 saturated heterocycles. The second kappa shape index (κ2) is 54.3. The number of esters is 2. The van der Waals surface area contributed by atoms with Gasteiger partial charge >= 0.3 is 11.9 Å². The van der Waals surface area contributed by atoms with Crippen LogP contribution in [0.5, 0.6) is 0 Å². The number of hydrogen-bond donors (Lipinski definition) is 0. The average Bonchev–Trinajstić information content (AvgIpc) is 3.34. The molecular formula is C62H119NO8. The van der Waals surface area contributed by atoms with E-state index in [1.807, 2.05) is 21.1 Å². The van der Waals surface area contributed by atoms with Crippen molar-refractivity contribution in [2.45, 2.75) is 322 Å². The number of hydrogen-bond acceptors (Lipinski definition) is 8. The zero-order chi connectivity index (χ0) is 52.0. The van der Waals surface area contributed by atoms with Crippen LogP contribution in [0.4, 0.5) is 0 Å². The minimum absolute atomic E-state index is 0.150. The molecule has 0 aliphatic rings. The number of carbonyl (C=O) groups is 3. The lowest BCUT2D eigenvalue weighted by molar-refractivity contribution is -0.870. The molecule has 9 nitrogen and oxygen atoms in total. The van der Waals surface area contributed by atoms with Gasteiger partial charge in [-0.1, -0.05) is 270 Å². The first kappa shape index (κ1) is 69.0. The smallest absolute Gasteiger partial charge is 0.306 e. The van der Waals surface area contributed by atoms with Crippen LogP contribution < -0.4 is 5.11 Å². The first-order chi connectivity index (χ1) is 34.6. The van der Waals surface area contributed by atoms with Gasteiger partial charge in [-0.2, -0.15) is 0 Å². The summed E-state index contributed by atoms with van der Waals surface area (Å²) in [7, 11) is 5.93. The summed E-state index contributed by atoms with van der Waals surface area (Å²) < 4.78 is 22.7. The molecule has 0 fully saturated rings. The third-order valence-electron chi connectivity index (χ3n) is 14.0. The van der Waals surface area contributed by atoms with Gasteiger partial charge in [0.1, 0.15) is 13.2 Å². The molecule has 0 bridgehead atoms. The first-order valence-electron chi connectivity index (χ1n) is 30.8. The standard InChI is InChI=1S/C62H119NO8/c1-6-8-10-12-14-16-18-20-22-23-24-25-26-27-28-29-30-31-32-33-34-35-36-37-39-40-42-44-46-48-50-52-59(64)69-56-58(57-70-62(61(66)67)68-55-54-63(3,4)5)71-60(65)53-51-49-47-45-43-41-38-21-19-17-15-13-11-9-7-2/h21,38,58,62H,6-20,22-37,39-57H2,1-5H3/b38-21-. The van der Waals surface area contributed by atoms with E-state index >= 15 is 0 Å². The number of nitrogens with zero attached hydrogens (tertiary/aromatic N) is 1. The third-order valence-corrected chi connectivity index (χ3v) is 14.0. The Bertz CT molecular complexity index is 1170. The van der Waals surface area contributed by atoms with Crippen molar-refractivity contribution in [3.8, 4) is 0 Å². The highest BCUT2D eigenvalue weighted by Gasteiger charge is 2.22. The fraction of sp³-hybridized carbons (Fsp3) is 0.919. The summed E-state index contributed by atoms with van der Waals surface area (Å²) in [6.45, 7) is 4.79. The molecule has 0 aliphatic heterocycles. The maximum Gasteiger partial charge on any atom is 0.306 e. The van der Waals surface area contributed by atoms with Crippen LogP contribution >= 0.6 is 0 Å². The quantitative estimate of drug-likeness (QED) is 0.0195. The van der Waals surface area contributed by atoms with Crippen LogP contribution in [0.15, 0.2) is 12.2 Å². The highest BCUT2D eigenvalue weighted by molar-refractivity contribution is 5.70. The fourth-order valence-corrected chi connectivity index (χ4v) is 9.24. The molecule has 0 aliphatic carbocycles. The summed E-state index contributed by atoms with van der Waals surface area (Å²) in [5.74, 6) is -2.27. The molecule has 420 valence electrons. The Labute approximate surface area is 440 Å². The average molecular weight is 1010 g/mol. The highest BCUT2D eigenvalue weighted by atomic mass is 16.7. The van der Waals surface area contributed by atoms with Gasteiger partial charge < -0.3 is 33.3 Å². The monoisotopic (exact) mass is 1010 g/mol. The van der Waals surface area contributed by atoms with Crippen LogP contribution in [0.1, 0.15) is 309 Å². The van der Waals surface area contributed by atoms with Gasteiger partial charge in [0.2, 0.25) is 0 Å². The number of likely N-dealkylation sites (N-methyl/N-ethyl adjacent to an activating group) is 1. The number of allylic oxidation sites excluding steroid dienone is 2. The Hall–Kier alpha value is -1.97. The Morgan fingerprint density at radius 2 is 0.718 bits per heavy atom. The van der Waals surface area contributed by atoms with E-state index < -0.39 is 24.3 Å². The van der Waals surface area contributed by atoms with Crippen LogP contribution in [0, 0.1) is 0 Å². The van der Waals surface area contributed by atoms with Crippen molar-refractivity contribution in [2.75, 3.05) is 47.5 Å². The predicted octanol–water partition coefficient (Wildman–Crippen LogP) is 16.8. The number of ether oxygens (including phenoxy) is 4. The third kappa shape index (κ3) is 55.6. The number of quaternary nitrogens is 1. The predicted molar refractivity (Wildman–Crippen MR) is 297 cm³/mol. The number of aliphatic carboxylic acids is 1. The number of carboxylic acid groups (broad SMARTS) is 1. The lowest BCUT2D eigenvalue weighted by atomic mass is 10.0. The molecule has 71 heavy (non-hydrogen) atoms. The largest absolute Gasteiger partial charge is 0.545 e. The van der Waals surface area contributed by atoms with Crippen molar-refractivity contribution in [3.63, 3.8) is 0 Å². The molecule has 0 N–H and O–H groups in total. The van der Waals surface area contributed by atoms with Gasteiger partial charge in [0, 0.05) is 12.8 Å². The van der Waals surface area contributed by atoms with Crippen LogP contribution in [0.3, 0.4) is 0 Å². The second-order valence-corrected chi connectivity index (χ2v) is 22.4. The number of rotatable bonds is 58. The molecule has 0 saturated carbocycles. The number of unbranched alkanes of at least 4 members (excludes halogenated alkanes) is 41. The molecule has 0 aromatic carbocycles. The van der Waals surface area contributed by atoms with E-state index in [0.717, 1.165) is 51.4 Å². The van der Waals surface area contributed by atoms with Crippen LogP contribution in [-0.4, -0.2) is 82.3 Å². The van der Waals surface area contributed by atoms with Crippen LogP contribution in [0.2, 0.25) is 0 Å². The Morgan fingerprint density at radius 3 is 1.04 bits per heavy atom. The first-order valence-corrected chi connectivity index (χ1v) is 30.8. The topological polar surface area (TPSA) is 111 Å².